The second kappa shape index (κ2) is 8.00. The van der Waals surface area contributed by atoms with Crippen LogP contribution >= 0.6 is 15.9 Å². The lowest BCUT2D eigenvalue weighted by molar-refractivity contribution is -0.116. The largest absolute Gasteiger partial charge is 0.311 e. The minimum atomic E-state index is -0.161. The number of amides is 1. The fourth-order valence-electron chi connectivity index (χ4n) is 3.15. The SMILES string of the molecule is Cc1cc(NC(=O)CCn2ncc(=O)c3ccccc32)n(-c2cccc(Br)c2)n1. The first-order chi connectivity index (χ1) is 14.0. The molecule has 0 aliphatic rings. The van der Waals surface area contributed by atoms with Crippen LogP contribution in [0.3, 0.4) is 0 Å². The molecule has 0 saturated carbocycles. The lowest BCUT2D eigenvalue weighted by Crippen LogP contribution is -2.19. The van der Waals surface area contributed by atoms with Crippen molar-refractivity contribution in [1.82, 2.24) is 19.6 Å². The molecular weight excluding hydrogens is 434 g/mol. The summed E-state index contributed by atoms with van der Waals surface area (Å²) in [5, 5.41) is 12.2. The molecule has 2 aromatic heterocycles. The lowest BCUT2D eigenvalue weighted by atomic mass is 10.2. The van der Waals surface area contributed by atoms with Gasteiger partial charge in [-0.25, -0.2) is 4.68 Å². The van der Waals surface area contributed by atoms with E-state index in [4.69, 9.17) is 0 Å². The summed E-state index contributed by atoms with van der Waals surface area (Å²) in [7, 11) is 0. The van der Waals surface area contributed by atoms with Crippen LogP contribution < -0.4 is 10.7 Å². The molecule has 29 heavy (non-hydrogen) atoms. The molecule has 0 radical (unpaired) electrons. The van der Waals surface area contributed by atoms with Gasteiger partial charge >= 0.3 is 0 Å². The number of nitrogens with one attached hydrogen (secondary N) is 1. The van der Waals surface area contributed by atoms with Crippen molar-refractivity contribution in [2.75, 3.05) is 5.32 Å². The van der Waals surface area contributed by atoms with Gasteiger partial charge in [0.05, 0.1) is 29.6 Å². The zero-order valence-corrected chi connectivity index (χ0v) is 17.3. The number of aromatic nitrogens is 4. The summed E-state index contributed by atoms with van der Waals surface area (Å²) in [6.07, 6.45) is 1.49. The molecule has 0 aliphatic heterocycles. The zero-order chi connectivity index (χ0) is 20.4. The Morgan fingerprint density at radius 2 is 1.97 bits per heavy atom. The van der Waals surface area contributed by atoms with Crippen LogP contribution in [0.2, 0.25) is 0 Å². The van der Waals surface area contributed by atoms with E-state index in [0.29, 0.717) is 23.3 Å². The number of para-hydroxylation sites is 1. The van der Waals surface area contributed by atoms with Gasteiger partial charge in [-0.2, -0.15) is 10.2 Å². The number of carbonyl (C=O) groups is 1. The lowest BCUT2D eigenvalue weighted by Gasteiger charge is -2.11. The van der Waals surface area contributed by atoms with Gasteiger partial charge in [-0.15, -0.1) is 0 Å². The topological polar surface area (TPSA) is 81.8 Å². The molecule has 0 unspecified atom stereocenters. The maximum Gasteiger partial charge on any atom is 0.227 e. The first-order valence-electron chi connectivity index (χ1n) is 9.08. The number of aryl methyl sites for hydroxylation is 2. The highest BCUT2D eigenvalue weighted by molar-refractivity contribution is 9.10. The molecule has 8 heteroatoms. The highest BCUT2D eigenvalue weighted by Crippen LogP contribution is 2.20. The number of hydrogen-bond donors (Lipinski definition) is 1. The maximum absolute atomic E-state index is 12.6. The fourth-order valence-corrected chi connectivity index (χ4v) is 3.53. The summed E-state index contributed by atoms with van der Waals surface area (Å²) in [4.78, 5) is 24.5. The van der Waals surface area contributed by atoms with Gasteiger partial charge < -0.3 is 5.32 Å². The summed E-state index contributed by atoms with van der Waals surface area (Å²) in [5.74, 6) is 0.439. The molecule has 0 atom stereocenters. The van der Waals surface area contributed by atoms with E-state index < -0.39 is 0 Å². The van der Waals surface area contributed by atoms with Crippen LogP contribution in [-0.4, -0.2) is 25.5 Å². The zero-order valence-electron chi connectivity index (χ0n) is 15.7. The second-order valence-electron chi connectivity index (χ2n) is 6.61. The molecule has 1 amide bonds. The van der Waals surface area contributed by atoms with Crippen LogP contribution in [0.4, 0.5) is 5.82 Å². The molecule has 0 fully saturated rings. The highest BCUT2D eigenvalue weighted by atomic mass is 79.9. The van der Waals surface area contributed by atoms with Gasteiger partial charge in [-0.1, -0.05) is 34.1 Å². The van der Waals surface area contributed by atoms with Crippen LogP contribution in [0, 0.1) is 6.92 Å². The summed E-state index contributed by atoms with van der Waals surface area (Å²) in [6.45, 7) is 2.23. The minimum Gasteiger partial charge on any atom is -0.311 e. The van der Waals surface area contributed by atoms with Gasteiger partial charge in [-0.05, 0) is 37.3 Å². The Kier molecular flexibility index (Phi) is 5.26. The summed E-state index contributed by atoms with van der Waals surface area (Å²) in [6, 6.07) is 16.8. The predicted octanol–water partition coefficient (Wildman–Crippen LogP) is 3.68. The molecule has 146 valence electrons. The summed E-state index contributed by atoms with van der Waals surface area (Å²) in [5.41, 5.74) is 2.22. The van der Waals surface area contributed by atoms with Gasteiger partial charge in [-0.3, -0.25) is 14.3 Å². The third-order valence-electron chi connectivity index (χ3n) is 4.46. The molecule has 0 aliphatic carbocycles. The molecule has 0 spiro atoms. The van der Waals surface area contributed by atoms with E-state index in [1.165, 1.54) is 6.20 Å². The van der Waals surface area contributed by atoms with Crippen molar-refractivity contribution in [1.29, 1.82) is 0 Å². The molecular formula is C21H18BrN5O2. The van der Waals surface area contributed by atoms with Crippen molar-refractivity contribution in [3.63, 3.8) is 0 Å². The Labute approximate surface area is 175 Å². The smallest absolute Gasteiger partial charge is 0.227 e. The Bertz CT molecular complexity index is 1260. The van der Waals surface area contributed by atoms with Crippen molar-refractivity contribution in [2.45, 2.75) is 19.9 Å². The van der Waals surface area contributed by atoms with Gasteiger partial charge in [0.1, 0.15) is 5.82 Å². The molecule has 0 bridgehead atoms. The Morgan fingerprint density at radius 3 is 2.79 bits per heavy atom. The van der Waals surface area contributed by atoms with Crippen molar-refractivity contribution < 1.29 is 4.79 Å². The summed E-state index contributed by atoms with van der Waals surface area (Å²) < 4.78 is 4.30. The quantitative estimate of drug-likeness (QED) is 0.501. The number of nitrogens with zero attached hydrogens (tertiary/aromatic N) is 4. The second-order valence-corrected chi connectivity index (χ2v) is 7.53. The van der Waals surface area contributed by atoms with Crippen LogP contribution in [0.25, 0.3) is 16.6 Å². The number of benzene rings is 2. The van der Waals surface area contributed by atoms with Gasteiger partial charge in [0.25, 0.3) is 0 Å². The molecule has 4 rings (SSSR count). The molecule has 2 heterocycles. The molecule has 1 N–H and O–H groups in total. The molecule has 2 aromatic carbocycles. The summed E-state index contributed by atoms with van der Waals surface area (Å²) >= 11 is 3.46. The number of anilines is 1. The molecule has 7 nitrogen and oxygen atoms in total. The number of halogens is 1. The maximum atomic E-state index is 12.6. The number of hydrogen-bond acceptors (Lipinski definition) is 4. The van der Waals surface area contributed by atoms with E-state index in [9.17, 15) is 9.59 Å². The first kappa shape index (κ1) is 19.1. The number of rotatable bonds is 5. The normalized spacial score (nSPS) is 11.0. The van der Waals surface area contributed by atoms with Gasteiger partial charge in [0.15, 0.2) is 0 Å². The monoisotopic (exact) mass is 451 g/mol. The minimum absolute atomic E-state index is 0.130. The van der Waals surface area contributed by atoms with Crippen LogP contribution in [0.1, 0.15) is 12.1 Å². The van der Waals surface area contributed by atoms with E-state index >= 15 is 0 Å². The molecule has 4 aromatic rings. The predicted molar refractivity (Wildman–Crippen MR) is 115 cm³/mol. The van der Waals surface area contributed by atoms with Crippen molar-refractivity contribution >= 4 is 38.6 Å². The van der Waals surface area contributed by atoms with E-state index in [1.807, 2.05) is 55.5 Å². The van der Waals surface area contributed by atoms with Crippen molar-refractivity contribution in [3.8, 4) is 5.69 Å². The van der Waals surface area contributed by atoms with E-state index in [0.717, 1.165) is 15.9 Å². The Balaban J connectivity index is 1.52. The van der Waals surface area contributed by atoms with Crippen molar-refractivity contribution in [2.24, 2.45) is 0 Å². The average molecular weight is 452 g/mol. The van der Waals surface area contributed by atoms with Gasteiger partial charge in [0.2, 0.25) is 11.3 Å². The van der Waals surface area contributed by atoms with Crippen molar-refractivity contribution in [3.05, 3.63) is 81.2 Å². The Hall–Kier alpha value is -3.26. The third kappa shape index (κ3) is 4.12. The van der Waals surface area contributed by atoms with E-state index in [1.54, 1.807) is 15.4 Å². The molecule has 0 saturated heterocycles. The average Bonchev–Trinajstić information content (AvgIpc) is 3.08. The van der Waals surface area contributed by atoms with Crippen LogP contribution in [-0.2, 0) is 11.3 Å². The number of fused-ring (bicyclic) bond motifs is 1. The van der Waals surface area contributed by atoms with Crippen LogP contribution in [0.15, 0.2) is 70.1 Å². The Morgan fingerprint density at radius 1 is 1.14 bits per heavy atom. The van der Waals surface area contributed by atoms with Gasteiger partial charge in [0, 0.05) is 22.3 Å². The highest BCUT2D eigenvalue weighted by Gasteiger charge is 2.12. The third-order valence-corrected chi connectivity index (χ3v) is 4.96. The fraction of sp³-hybridized carbons (Fsp3) is 0.143. The number of carbonyl (C=O) groups excluding carboxylic acids is 1. The van der Waals surface area contributed by atoms with Crippen LogP contribution in [0.5, 0.6) is 0 Å². The van der Waals surface area contributed by atoms with E-state index in [-0.39, 0.29) is 17.8 Å². The first-order valence-corrected chi connectivity index (χ1v) is 9.88. The standard InChI is InChI=1S/C21H18BrN5O2/c1-14-11-20(27(25-14)16-6-4-5-15(22)12-16)24-21(29)9-10-26-18-8-3-2-7-17(18)19(28)13-23-26/h2-8,11-13H,9-10H2,1H3,(H,24,29). The van der Waals surface area contributed by atoms with E-state index in [2.05, 4.69) is 31.4 Å².